The van der Waals surface area contributed by atoms with Crippen LogP contribution in [0.2, 0.25) is 0 Å². The molecule has 0 fully saturated rings. The molecule has 4 rings (SSSR count). The Hall–Kier alpha value is -2.13. The molecule has 1 aromatic carbocycles. The molecule has 0 aliphatic carbocycles. The minimum Gasteiger partial charge on any atom is -0.357 e. The van der Waals surface area contributed by atoms with Crippen LogP contribution in [-0.2, 0) is 19.5 Å². The van der Waals surface area contributed by atoms with Gasteiger partial charge in [0.05, 0.1) is 0 Å². The van der Waals surface area contributed by atoms with Gasteiger partial charge in [0, 0.05) is 48.6 Å². The number of para-hydroxylation sites is 1. The molecule has 0 unspecified atom stereocenters. The van der Waals surface area contributed by atoms with E-state index in [0.29, 0.717) is 0 Å². The first kappa shape index (κ1) is 11.7. The van der Waals surface area contributed by atoms with Crippen LogP contribution in [0.1, 0.15) is 16.8 Å². The molecule has 1 aliphatic rings. The van der Waals surface area contributed by atoms with Crippen LogP contribution < -0.4 is 0 Å². The summed E-state index contributed by atoms with van der Waals surface area (Å²) in [4.78, 5) is 10.1. The number of hydrogen-bond donors (Lipinski definition) is 1. The van der Waals surface area contributed by atoms with Crippen molar-refractivity contribution in [2.45, 2.75) is 19.5 Å². The van der Waals surface area contributed by atoms with E-state index in [1.54, 1.807) is 0 Å². The molecule has 1 aliphatic heterocycles. The van der Waals surface area contributed by atoms with E-state index in [1.165, 1.54) is 27.7 Å². The molecule has 0 saturated heterocycles. The van der Waals surface area contributed by atoms with E-state index in [-0.39, 0.29) is 0 Å². The van der Waals surface area contributed by atoms with E-state index in [9.17, 15) is 0 Å². The molecular weight excluding hydrogens is 246 g/mol. The molecular formula is C17H17N3. The quantitative estimate of drug-likeness (QED) is 0.770. The number of nitrogens with zero attached hydrogens (tertiary/aromatic N) is 2. The fraction of sp³-hybridized carbons (Fsp3) is 0.235. The Morgan fingerprint density at radius 1 is 1.10 bits per heavy atom. The van der Waals surface area contributed by atoms with Crippen molar-refractivity contribution in [3.63, 3.8) is 0 Å². The van der Waals surface area contributed by atoms with Crippen LogP contribution in [0, 0.1) is 0 Å². The lowest BCUT2D eigenvalue weighted by atomic mass is 10.0. The van der Waals surface area contributed by atoms with Gasteiger partial charge in [-0.2, -0.15) is 0 Å². The van der Waals surface area contributed by atoms with Gasteiger partial charge in [0.1, 0.15) is 0 Å². The summed E-state index contributed by atoms with van der Waals surface area (Å²) in [5, 5.41) is 1.39. The van der Waals surface area contributed by atoms with Crippen LogP contribution in [0.15, 0.2) is 48.8 Å². The van der Waals surface area contributed by atoms with Crippen LogP contribution in [0.4, 0.5) is 0 Å². The van der Waals surface area contributed by atoms with Crippen molar-refractivity contribution in [3.8, 4) is 0 Å². The lowest BCUT2D eigenvalue weighted by molar-refractivity contribution is 0.243. The van der Waals surface area contributed by atoms with Crippen LogP contribution in [0.3, 0.4) is 0 Å². The van der Waals surface area contributed by atoms with Crippen molar-refractivity contribution in [2.75, 3.05) is 6.54 Å². The molecule has 0 saturated carbocycles. The summed E-state index contributed by atoms with van der Waals surface area (Å²) in [5.74, 6) is 0. The largest absolute Gasteiger partial charge is 0.357 e. The Morgan fingerprint density at radius 3 is 2.85 bits per heavy atom. The predicted octanol–water partition coefficient (Wildman–Crippen LogP) is 3.12. The van der Waals surface area contributed by atoms with Gasteiger partial charge in [0.15, 0.2) is 0 Å². The zero-order valence-corrected chi connectivity index (χ0v) is 11.3. The monoisotopic (exact) mass is 263 g/mol. The number of benzene rings is 1. The van der Waals surface area contributed by atoms with Gasteiger partial charge in [-0.15, -0.1) is 0 Å². The molecule has 20 heavy (non-hydrogen) atoms. The number of nitrogens with one attached hydrogen (secondary N) is 1. The van der Waals surface area contributed by atoms with Crippen molar-refractivity contribution in [2.24, 2.45) is 0 Å². The SMILES string of the molecule is c1ccc2c3c([nH]c2c1)CN(Cc1ccncc1)CC3. The zero-order chi connectivity index (χ0) is 13.4. The molecule has 2 aromatic heterocycles. The minimum atomic E-state index is 0.997. The van der Waals surface area contributed by atoms with E-state index in [1.807, 2.05) is 12.4 Å². The molecule has 0 spiro atoms. The third kappa shape index (κ3) is 2.00. The number of aromatic amines is 1. The van der Waals surface area contributed by atoms with Gasteiger partial charge in [-0.05, 0) is 35.7 Å². The second-order valence-corrected chi connectivity index (χ2v) is 5.44. The molecule has 3 nitrogen and oxygen atoms in total. The third-order valence-electron chi connectivity index (χ3n) is 4.12. The standard InChI is InChI=1S/C17H17N3/c1-2-4-16-14(3-1)15-7-10-20(12-17(15)19-16)11-13-5-8-18-9-6-13/h1-6,8-9,19H,7,10-12H2. The summed E-state index contributed by atoms with van der Waals surface area (Å²) in [6, 6.07) is 12.8. The topological polar surface area (TPSA) is 31.9 Å². The maximum atomic E-state index is 4.08. The first-order valence-electron chi connectivity index (χ1n) is 7.10. The van der Waals surface area contributed by atoms with Gasteiger partial charge in [-0.1, -0.05) is 18.2 Å². The van der Waals surface area contributed by atoms with E-state index in [2.05, 4.69) is 51.3 Å². The molecule has 0 radical (unpaired) electrons. The molecule has 3 heteroatoms. The Kier molecular flexibility index (Phi) is 2.78. The first-order valence-corrected chi connectivity index (χ1v) is 7.10. The average Bonchev–Trinajstić information content (AvgIpc) is 2.86. The smallest absolute Gasteiger partial charge is 0.0459 e. The maximum Gasteiger partial charge on any atom is 0.0459 e. The Labute approximate surface area is 118 Å². The maximum absolute atomic E-state index is 4.08. The first-order chi connectivity index (χ1) is 9.90. The highest BCUT2D eigenvalue weighted by atomic mass is 15.1. The summed E-state index contributed by atoms with van der Waals surface area (Å²) in [7, 11) is 0. The van der Waals surface area contributed by atoms with Gasteiger partial charge >= 0.3 is 0 Å². The second kappa shape index (κ2) is 4.76. The summed E-state index contributed by atoms with van der Waals surface area (Å²) in [6.45, 7) is 3.13. The van der Waals surface area contributed by atoms with Crippen molar-refractivity contribution in [1.29, 1.82) is 0 Å². The van der Waals surface area contributed by atoms with Crippen molar-refractivity contribution in [3.05, 3.63) is 65.6 Å². The molecule has 0 amide bonds. The minimum absolute atomic E-state index is 0.997. The van der Waals surface area contributed by atoms with Gasteiger partial charge < -0.3 is 4.98 Å². The third-order valence-corrected chi connectivity index (χ3v) is 4.12. The summed E-state index contributed by atoms with van der Waals surface area (Å²) in [6.07, 6.45) is 4.87. The van der Waals surface area contributed by atoms with E-state index < -0.39 is 0 Å². The van der Waals surface area contributed by atoms with E-state index in [0.717, 1.165) is 26.1 Å². The highest BCUT2D eigenvalue weighted by Crippen LogP contribution is 2.27. The van der Waals surface area contributed by atoms with Crippen molar-refractivity contribution < 1.29 is 0 Å². The summed E-state index contributed by atoms with van der Waals surface area (Å²) >= 11 is 0. The van der Waals surface area contributed by atoms with Gasteiger partial charge in [-0.25, -0.2) is 0 Å². The Balaban J connectivity index is 1.60. The lowest BCUT2D eigenvalue weighted by Crippen LogP contribution is -2.29. The Morgan fingerprint density at radius 2 is 1.95 bits per heavy atom. The molecule has 1 N–H and O–H groups in total. The normalized spacial score (nSPS) is 15.4. The summed E-state index contributed by atoms with van der Waals surface area (Å²) in [5.41, 5.74) is 5.49. The zero-order valence-electron chi connectivity index (χ0n) is 11.3. The van der Waals surface area contributed by atoms with Gasteiger partial charge in [-0.3, -0.25) is 9.88 Å². The van der Waals surface area contributed by atoms with Crippen molar-refractivity contribution >= 4 is 10.9 Å². The molecule has 0 atom stereocenters. The lowest BCUT2D eigenvalue weighted by Gasteiger charge is -2.26. The molecule has 100 valence electrons. The van der Waals surface area contributed by atoms with E-state index >= 15 is 0 Å². The van der Waals surface area contributed by atoms with Crippen molar-refractivity contribution in [1.82, 2.24) is 14.9 Å². The fourth-order valence-electron chi connectivity index (χ4n) is 3.13. The summed E-state index contributed by atoms with van der Waals surface area (Å²) < 4.78 is 0. The van der Waals surface area contributed by atoms with Crippen LogP contribution >= 0.6 is 0 Å². The molecule has 0 bridgehead atoms. The number of rotatable bonds is 2. The fourth-order valence-corrected chi connectivity index (χ4v) is 3.13. The number of pyridine rings is 1. The van der Waals surface area contributed by atoms with Crippen LogP contribution in [0.5, 0.6) is 0 Å². The second-order valence-electron chi connectivity index (χ2n) is 5.44. The Bertz CT molecular complexity index is 730. The van der Waals surface area contributed by atoms with Crippen LogP contribution in [0.25, 0.3) is 10.9 Å². The average molecular weight is 263 g/mol. The number of aromatic nitrogens is 2. The number of H-pyrrole nitrogens is 1. The molecule has 3 aromatic rings. The predicted molar refractivity (Wildman–Crippen MR) is 80.4 cm³/mol. The number of hydrogen-bond acceptors (Lipinski definition) is 2. The highest BCUT2D eigenvalue weighted by molar-refractivity contribution is 5.84. The van der Waals surface area contributed by atoms with Gasteiger partial charge in [0.25, 0.3) is 0 Å². The van der Waals surface area contributed by atoms with Gasteiger partial charge in [0.2, 0.25) is 0 Å². The highest BCUT2D eigenvalue weighted by Gasteiger charge is 2.20. The number of fused-ring (bicyclic) bond motifs is 3. The van der Waals surface area contributed by atoms with Crippen LogP contribution in [-0.4, -0.2) is 21.4 Å². The van der Waals surface area contributed by atoms with E-state index in [4.69, 9.17) is 0 Å². The molecule has 3 heterocycles.